The second kappa shape index (κ2) is 4.67. The van der Waals surface area contributed by atoms with Crippen molar-refractivity contribution in [3.05, 3.63) is 18.0 Å². The van der Waals surface area contributed by atoms with E-state index in [1.165, 1.54) is 37.9 Å². The van der Waals surface area contributed by atoms with Crippen LogP contribution in [0.25, 0.3) is 0 Å². The Balaban J connectivity index is 1.79. The van der Waals surface area contributed by atoms with Gasteiger partial charge in [-0.3, -0.25) is 9.58 Å². The Morgan fingerprint density at radius 3 is 2.50 bits per heavy atom. The molecule has 0 aromatic carbocycles. The van der Waals surface area contributed by atoms with Crippen LogP contribution in [0.3, 0.4) is 0 Å². The molecule has 2 heterocycles. The zero-order chi connectivity index (χ0) is 12.7. The first kappa shape index (κ1) is 12.2. The summed E-state index contributed by atoms with van der Waals surface area (Å²) < 4.78 is 1.88. The number of nitrogens with zero attached hydrogens (tertiary/aromatic N) is 3. The van der Waals surface area contributed by atoms with Gasteiger partial charge in [0, 0.05) is 37.9 Å². The maximum atomic E-state index is 6.23. The van der Waals surface area contributed by atoms with Crippen LogP contribution in [-0.4, -0.2) is 33.8 Å². The molecule has 2 N–H and O–H groups in total. The SMILES string of the molecule is CC(N)C(c1cnn(C)c1)N1CC2CCCC2C1. The summed E-state index contributed by atoms with van der Waals surface area (Å²) in [5.41, 5.74) is 7.50. The molecule has 1 saturated carbocycles. The van der Waals surface area contributed by atoms with Crippen molar-refractivity contribution in [2.75, 3.05) is 13.1 Å². The molecule has 2 aliphatic rings. The molecule has 3 rings (SSSR count). The van der Waals surface area contributed by atoms with E-state index in [4.69, 9.17) is 5.73 Å². The number of hydrogen-bond donors (Lipinski definition) is 1. The van der Waals surface area contributed by atoms with E-state index >= 15 is 0 Å². The Bertz CT molecular complexity index is 400. The van der Waals surface area contributed by atoms with Gasteiger partial charge >= 0.3 is 0 Å². The van der Waals surface area contributed by atoms with E-state index in [0.717, 1.165) is 11.8 Å². The van der Waals surface area contributed by atoms with Crippen LogP contribution in [-0.2, 0) is 7.05 Å². The highest BCUT2D eigenvalue weighted by molar-refractivity contribution is 5.14. The van der Waals surface area contributed by atoms with E-state index in [1.807, 2.05) is 17.9 Å². The Morgan fingerprint density at radius 2 is 2.00 bits per heavy atom. The molecule has 0 amide bonds. The highest BCUT2D eigenvalue weighted by atomic mass is 15.3. The smallest absolute Gasteiger partial charge is 0.0538 e. The van der Waals surface area contributed by atoms with Gasteiger partial charge in [0.1, 0.15) is 0 Å². The van der Waals surface area contributed by atoms with Gasteiger partial charge < -0.3 is 5.73 Å². The van der Waals surface area contributed by atoms with Gasteiger partial charge in [-0.25, -0.2) is 0 Å². The van der Waals surface area contributed by atoms with Crippen LogP contribution in [0.4, 0.5) is 0 Å². The Morgan fingerprint density at radius 1 is 1.33 bits per heavy atom. The normalized spacial score (nSPS) is 31.5. The number of hydrogen-bond acceptors (Lipinski definition) is 3. The van der Waals surface area contributed by atoms with Crippen molar-refractivity contribution in [2.45, 2.75) is 38.3 Å². The van der Waals surface area contributed by atoms with Crippen LogP contribution >= 0.6 is 0 Å². The van der Waals surface area contributed by atoms with E-state index in [2.05, 4.69) is 23.1 Å². The van der Waals surface area contributed by atoms with Gasteiger partial charge in [0.25, 0.3) is 0 Å². The fourth-order valence-corrected chi connectivity index (χ4v) is 3.94. The zero-order valence-corrected chi connectivity index (χ0v) is 11.4. The van der Waals surface area contributed by atoms with Gasteiger partial charge in [0.2, 0.25) is 0 Å². The molecule has 1 aliphatic heterocycles. The Kier molecular flexibility index (Phi) is 3.16. The average Bonchev–Trinajstić information content (AvgIpc) is 2.94. The molecule has 2 fully saturated rings. The lowest BCUT2D eigenvalue weighted by Gasteiger charge is -2.30. The summed E-state index contributed by atoms with van der Waals surface area (Å²) in [6.45, 7) is 4.57. The lowest BCUT2D eigenvalue weighted by molar-refractivity contribution is 0.203. The topological polar surface area (TPSA) is 47.1 Å². The first-order chi connectivity index (χ1) is 8.65. The molecule has 1 aromatic rings. The van der Waals surface area contributed by atoms with Crippen molar-refractivity contribution in [3.63, 3.8) is 0 Å². The van der Waals surface area contributed by atoms with E-state index in [9.17, 15) is 0 Å². The molecule has 100 valence electrons. The molecular formula is C14H24N4. The maximum Gasteiger partial charge on any atom is 0.0538 e. The van der Waals surface area contributed by atoms with Gasteiger partial charge in [-0.2, -0.15) is 5.10 Å². The Labute approximate surface area is 109 Å². The summed E-state index contributed by atoms with van der Waals surface area (Å²) in [6.07, 6.45) is 8.35. The molecule has 1 aliphatic carbocycles. The molecule has 1 saturated heterocycles. The number of fused-ring (bicyclic) bond motifs is 1. The molecule has 18 heavy (non-hydrogen) atoms. The number of nitrogens with two attached hydrogens (primary N) is 1. The molecular weight excluding hydrogens is 224 g/mol. The molecule has 4 heteroatoms. The predicted molar refractivity (Wildman–Crippen MR) is 72.0 cm³/mol. The zero-order valence-electron chi connectivity index (χ0n) is 11.4. The predicted octanol–water partition coefficient (Wildman–Crippen LogP) is 1.54. The van der Waals surface area contributed by atoms with Crippen LogP contribution in [0.1, 0.15) is 37.8 Å². The van der Waals surface area contributed by atoms with Crippen molar-refractivity contribution in [3.8, 4) is 0 Å². The first-order valence-electron chi connectivity index (χ1n) is 7.13. The van der Waals surface area contributed by atoms with Gasteiger partial charge in [0.05, 0.1) is 12.2 Å². The maximum absolute atomic E-state index is 6.23. The van der Waals surface area contributed by atoms with Crippen LogP contribution in [0.5, 0.6) is 0 Å². The van der Waals surface area contributed by atoms with Gasteiger partial charge in [-0.05, 0) is 31.6 Å². The summed E-state index contributed by atoms with van der Waals surface area (Å²) in [5.74, 6) is 1.84. The van der Waals surface area contributed by atoms with Crippen LogP contribution in [0, 0.1) is 11.8 Å². The summed E-state index contributed by atoms with van der Waals surface area (Å²) in [6, 6.07) is 0.498. The fourth-order valence-electron chi connectivity index (χ4n) is 3.94. The van der Waals surface area contributed by atoms with Crippen LogP contribution in [0.15, 0.2) is 12.4 Å². The summed E-state index contributed by atoms with van der Waals surface area (Å²) in [7, 11) is 1.97. The summed E-state index contributed by atoms with van der Waals surface area (Å²) in [5, 5.41) is 4.30. The fraction of sp³-hybridized carbons (Fsp3) is 0.786. The second-order valence-corrected chi connectivity index (χ2v) is 6.16. The molecule has 4 unspecified atom stereocenters. The third-order valence-corrected chi connectivity index (χ3v) is 4.71. The minimum absolute atomic E-state index is 0.160. The minimum Gasteiger partial charge on any atom is -0.326 e. The summed E-state index contributed by atoms with van der Waals surface area (Å²) >= 11 is 0. The van der Waals surface area contributed by atoms with Crippen molar-refractivity contribution < 1.29 is 0 Å². The second-order valence-electron chi connectivity index (χ2n) is 6.16. The van der Waals surface area contributed by atoms with Gasteiger partial charge in [-0.15, -0.1) is 0 Å². The third kappa shape index (κ3) is 2.08. The Hall–Kier alpha value is -0.870. The molecule has 1 aromatic heterocycles. The van der Waals surface area contributed by atoms with E-state index in [1.54, 1.807) is 0 Å². The van der Waals surface area contributed by atoms with E-state index in [0.29, 0.717) is 6.04 Å². The van der Waals surface area contributed by atoms with Crippen molar-refractivity contribution in [2.24, 2.45) is 24.6 Å². The molecule has 4 nitrogen and oxygen atoms in total. The van der Waals surface area contributed by atoms with Gasteiger partial charge in [-0.1, -0.05) is 6.42 Å². The summed E-state index contributed by atoms with van der Waals surface area (Å²) in [4.78, 5) is 2.59. The monoisotopic (exact) mass is 248 g/mol. The number of rotatable bonds is 3. The minimum atomic E-state index is 0.160. The molecule has 0 radical (unpaired) electrons. The van der Waals surface area contributed by atoms with Crippen molar-refractivity contribution in [1.29, 1.82) is 0 Å². The average molecular weight is 248 g/mol. The highest BCUT2D eigenvalue weighted by Crippen LogP contribution is 2.41. The lowest BCUT2D eigenvalue weighted by Crippen LogP contribution is -2.38. The molecule has 4 atom stereocenters. The quantitative estimate of drug-likeness (QED) is 0.882. The number of likely N-dealkylation sites (tertiary alicyclic amines) is 1. The first-order valence-corrected chi connectivity index (χ1v) is 7.13. The third-order valence-electron chi connectivity index (χ3n) is 4.71. The van der Waals surface area contributed by atoms with Crippen molar-refractivity contribution in [1.82, 2.24) is 14.7 Å². The molecule has 0 bridgehead atoms. The number of aromatic nitrogens is 2. The molecule has 0 spiro atoms. The van der Waals surface area contributed by atoms with E-state index in [-0.39, 0.29) is 6.04 Å². The van der Waals surface area contributed by atoms with Crippen LogP contribution in [0.2, 0.25) is 0 Å². The van der Waals surface area contributed by atoms with E-state index < -0.39 is 0 Å². The van der Waals surface area contributed by atoms with Crippen LogP contribution < -0.4 is 5.73 Å². The van der Waals surface area contributed by atoms with Crippen molar-refractivity contribution >= 4 is 0 Å². The largest absolute Gasteiger partial charge is 0.326 e. The highest BCUT2D eigenvalue weighted by Gasteiger charge is 2.40. The standard InChI is InChI=1S/C14H24N4/c1-10(15)14(13-6-16-17(2)7-13)18-8-11-4-3-5-12(11)9-18/h6-7,10-12,14H,3-5,8-9,15H2,1-2H3. The lowest BCUT2D eigenvalue weighted by atomic mass is 10.0. The van der Waals surface area contributed by atoms with Gasteiger partial charge in [0.15, 0.2) is 0 Å². The number of aryl methyl sites for hydroxylation is 1.